The number of halogens is 1. The largest absolute Gasteiger partial charge is 0.478 e. The number of hydrogen-bond donors (Lipinski definition) is 1. The number of nitrogens with one attached hydrogen (secondary N) is 1. The zero-order chi connectivity index (χ0) is 12.1. The molecule has 1 aliphatic carbocycles. The van der Waals surface area contributed by atoms with E-state index in [0.717, 1.165) is 5.56 Å². The minimum absolute atomic E-state index is 0.230. The molecule has 0 spiro atoms. The van der Waals surface area contributed by atoms with Gasteiger partial charge in [-0.3, -0.25) is 0 Å². The van der Waals surface area contributed by atoms with Crippen LogP contribution in [0.2, 0.25) is 0 Å². The molecule has 0 heterocycles. The van der Waals surface area contributed by atoms with Gasteiger partial charge in [0.1, 0.15) is 6.61 Å². The number of ether oxygens (including phenoxy) is 1. The van der Waals surface area contributed by atoms with Gasteiger partial charge in [-0.2, -0.15) is 0 Å². The van der Waals surface area contributed by atoms with Crippen LogP contribution in [0.1, 0.15) is 25.3 Å². The van der Waals surface area contributed by atoms with E-state index in [4.69, 9.17) is 4.74 Å². The Hall–Kier alpha value is -1.53. The summed E-state index contributed by atoms with van der Waals surface area (Å²) in [6.45, 7) is 2.62. The van der Waals surface area contributed by atoms with E-state index >= 15 is 0 Å². The summed E-state index contributed by atoms with van der Waals surface area (Å²) in [6.07, 6.45) is 2.43. The van der Waals surface area contributed by atoms with Crippen molar-refractivity contribution in [2.75, 3.05) is 6.61 Å². The number of benzene rings is 1. The standard InChI is InChI=1S/C14H16FNO/c1-2-3-9-17-14-11(5-4-6-13(14)15)10-16-12-7-8-12/h4-6,12,16H,7-10H2,1H3. The summed E-state index contributed by atoms with van der Waals surface area (Å²) in [4.78, 5) is 0. The van der Waals surface area contributed by atoms with Crippen molar-refractivity contribution in [3.05, 3.63) is 29.6 Å². The fourth-order valence-electron chi connectivity index (χ4n) is 1.58. The Morgan fingerprint density at radius 1 is 1.47 bits per heavy atom. The molecular weight excluding hydrogens is 217 g/mol. The molecule has 0 amide bonds. The van der Waals surface area contributed by atoms with Crippen molar-refractivity contribution in [1.82, 2.24) is 5.32 Å². The van der Waals surface area contributed by atoms with E-state index in [0.29, 0.717) is 18.3 Å². The second-order valence-corrected chi connectivity index (χ2v) is 4.10. The third-order valence-corrected chi connectivity index (χ3v) is 2.67. The number of hydrogen-bond acceptors (Lipinski definition) is 2. The zero-order valence-corrected chi connectivity index (χ0v) is 9.92. The van der Waals surface area contributed by atoms with E-state index in [-0.39, 0.29) is 12.4 Å². The van der Waals surface area contributed by atoms with E-state index < -0.39 is 0 Å². The molecular formula is C14H16FNO. The van der Waals surface area contributed by atoms with Gasteiger partial charge in [-0.25, -0.2) is 4.39 Å². The van der Waals surface area contributed by atoms with Crippen molar-refractivity contribution in [3.8, 4) is 17.6 Å². The summed E-state index contributed by atoms with van der Waals surface area (Å²) in [7, 11) is 0. The first-order valence-corrected chi connectivity index (χ1v) is 5.84. The van der Waals surface area contributed by atoms with Crippen LogP contribution in [0, 0.1) is 17.7 Å². The lowest BCUT2D eigenvalue weighted by Crippen LogP contribution is -2.16. The van der Waals surface area contributed by atoms with Crippen LogP contribution in [0.4, 0.5) is 4.39 Å². The Labute approximate surface area is 101 Å². The summed E-state index contributed by atoms with van der Waals surface area (Å²) in [5, 5.41) is 3.35. The van der Waals surface area contributed by atoms with Gasteiger partial charge in [0, 0.05) is 18.2 Å². The Balaban J connectivity index is 2.04. The minimum atomic E-state index is -0.321. The van der Waals surface area contributed by atoms with Gasteiger partial charge in [0.2, 0.25) is 0 Å². The van der Waals surface area contributed by atoms with Crippen molar-refractivity contribution in [2.24, 2.45) is 0 Å². The third kappa shape index (κ3) is 3.47. The van der Waals surface area contributed by atoms with Gasteiger partial charge in [-0.15, -0.1) is 5.92 Å². The molecule has 2 nitrogen and oxygen atoms in total. The number of para-hydroxylation sites is 1. The second-order valence-electron chi connectivity index (χ2n) is 4.10. The van der Waals surface area contributed by atoms with Gasteiger partial charge in [0.05, 0.1) is 0 Å². The fourth-order valence-corrected chi connectivity index (χ4v) is 1.58. The zero-order valence-electron chi connectivity index (χ0n) is 9.92. The molecule has 1 aromatic carbocycles. The fraction of sp³-hybridized carbons (Fsp3) is 0.429. The van der Waals surface area contributed by atoms with Gasteiger partial charge >= 0.3 is 0 Å². The average molecular weight is 233 g/mol. The number of rotatable bonds is 5. The molecule has 1 aliphatic rings. The molecule has 2 rings (SSSR count). The van der Waals surface area contributed by atoms with Crippen LogP contribution >= 0.6 is 0 Å². The monoisotopic (exact) mass is 233 g/mol. The predicted octanol–water partition coefficient (Wildman–Crippen LogP) is 2.48. The highest BCUT2D eigenvalue weighted by molar-refractivity contribution is 5.35. The summed E-state index contributed by atoms with van der Waals surface area (Å²) in [5.74, 6) is 5.49. The molecule has 0 aliphatic heterocycles. The van der Waals surface area contributed by atoms with Crippen molar-refractivity contribution >= 4 is 0 Å². The molecule has 0 aromatic heterocycles. The van der Waals surface area contributed by atoms with Crippen LogP contribution in [0.25, 0.3) is 0 Å². The predicted molar refractivity (Wildman–Crippen MR) is 65.2 cm³/mol. The first-order chi connectivity index (χ1) is 8.31. The van der Waals surface area contributed by atoms with Crippen LogP contribution in [-0.4, -0.2) is 12.6 Å². The molecule has 0 saturated heterocycles. The summed E-state index contributed by atoms with van der Waals surface area (Å²) < 4.78 is 19.0. The summed E-state index contributed by atoms with van der Waals surface area (Å²) in [5.41, 5.74) is 0.856. The van der Waals surface area contributed by atoms with E-state index in [1.54, 1.807) is 13.0 Å². The van der Waals surface area contributed by atoms with Crippen molar-refractivity contribution in [1.29, 1.82) is 0 Å². The van der Waals surface area contributed by atoms with Crippen LogP contribution in [0.5, 0.6) is 5.75 Å². The molecule has 17 heavy (non-hydrogen) atoms. The maximum absolute atomic E-state index is 13.6. The highest BCUT2D eigenvalue weighted by atomic mass is 19.1. The molecule has 1 fully saturated rings. The molecule has 0 unspecified atom stereocenters. The molecule has 90 valence electrons. The summed E-state index contributed by atoms with van der Waals surface area (Å²) >= 11 is 0. The van der Waals surface area contributed by atoms with Crippen molar-refractivity contribution < 1.29 is 9.13 Å². The molecule has 3 heteroatoms. The van der Waals surface area contributed by atoms with E-state index in [1.807, 2.05) is 6.07 Å². The topological polar surface area (TPSA) is 21.3 Å². The molecule has 0 radical (unpaired) electrons. The summed E-state index contributed by atoms with van der Waals surface area (Å²) in [6, 6.07) is 5.60. The molecule has 1 N–H and O–H groups in total. The Morgan fingerprint density at radius 3 is 3.00 bits per heavy atom. The Bertz CT molecular complexity index is 443. The van der Waals surface area contributed by atoms with Gasteiger partial charge in [0.25, 0.3) is 0 Å². The van der Waals surface area contributed by atoms with E-state index in [1.165, 1.54) is 18.9 Å². The van der Waals surface area contributed by atoms with Crippen molar-refractivity contribution in [2.45, 2.75) is 32.4 Å². The maximum Gasteiger partial charge on any atom is 0.165 e. The van der Waals surface area contributed by atoms with Gasteiger partial charge in [0.15, 0.2) is 11.6 Å². The molecule has 0 bridgehead atoms. The molecule has 0 atom stereocenters. The quantitative estimate of drug-likeness (QED) is 0.789. The SMILES string of the molecule is CC#CCOc1c(F)cccc1CNC1CC1. The molecule has 1 aromatic rings. The average Bonchev–Trinajstić information content (AvgIpc) is 3.13. The minimum Gasteiger partial charge on any atom is -0.478 e. The maximum atomic E-state index is 13.6. The highest BCUT2D eigenvalue weighted by Gasteiger charge is 2.21. The normalized spacial score (nSPS) is 14.0. The lowest BCUT2D eigenvalue weighted by Gasteiger charge is -2.11. The third-order valence-electron chi connectivity index (χ3n) is 2.67. The van der Waals surface area contributed by atoms with Gasteiger partial charge < -0.3 is 10.1 Å². The second kappa shape index (κ2) is 5.70. The van der Waals surface area contributed by atoms with Crippen LogP contribution in [0.15, 0.2) is 18.2 Å². The van der Waals surface area contributed by atoms with Gasteiger partial charge in [-0.1, -0.05) is 18.1 Å². The van der Waals surface area contributed by atoms with Crippen LogP contribution in [-0.2, 0) is 6.54 Å². The van der Waals surface area contributed by atoms with Crippen LogP contribution < -0.4 is 10.1 Å². The van der Waals surface area contributed by atoms with Gasteiger partial charge in [-0.05, 0) is 25.8 Å². The van der Waals surface area contributed by atoms with Crippen LogP contribution in [0.3, 0.4) is 0 Å². The smallest absolute Gasteiger partial charge is 0.165 e. The first kappa shape index (κ1) is 11.9. The van der Waals surface area contributed by atoms with Crippen molar-refractivity contribution in [3.63, 3.8) is 0 Å². The first-order valence-electron chi connectivity index (χ1n) is 5.84. The lowest BCUT2D eigenvalue weighted by molar-refractivity contribution is 0.342. The Kier molecular flexibility index (Phi) is 4.00. The lowest BCUT2D eigenvalue weighted by atomic mass is 10.2. The highest BCUT2D eigenvalue weighted by Crippen LogP contribution is 2.25. The Morgan fingerprint density at radius 2 is 2.29 bits per heavy atom. The molecule has 1 saturated carbocycles. The van der Waals surface area contributed by atoms with E-state index in [2.05, 4.69) is 17.2 Å². The van der Waals surface area contributed by atoms with E-state index in [9.17, 15) is 4.39 Å².